The second-order valence-corrected chi connectivity index (χ2v) is 9.75. The first-order chi connectivity index (χ1) is 15.9. The Kier molecular flexibility index (Phi) is 7.61. The van der Waals surface area contributed by atoms with Crippen LogP contribution < -0.4 is 10.6 Å². The number of aliphatic hydroxyl groups excluding tert-OH is 1. The molecule has 0 saturated heterocycles. The monoisotopic (exact) mass is 471 g/mol. The normalized spacial score (nSPS) is 14.0. The lowest BCUT2D eigenvalue weighted by molar-refractivity contribution is -0.133. The summed E-state index contributed by atoms with van der Waals surface area (Å²) in [6.07, 6.45) is -1.89. The number of rotatable bonds is 7. The first-order valence-corrected chi connectivity index (χ1v) is 11.3. The summed E-state index contributed by atoms with van der Waals surface area (Å²) in [7, 11) is 0. The molecule has 0 bridgehead atoms. The number of ether oxygens (including phenoxy) is 1. The Balaban J connectivity index is 1.52. The summed E-state index contributed by atoms with van der Waals surface area (Å²) in [6, 6.07) is 7.64. The molecular weight excluding hydrogens is 438 g/mol. The van der Waals surface area contributed by atoms with Gasteiger partial charge in [-0.05, 0) is 44.4 Å². The van der Waals surface area contributed by atoms with E-state index in [0.717, 1.165) is 0 Å². The van der Waals surface area contributed by atoms with E-state index >= 15 is 0 Å². The van der Waals surface area contributed by atoms with Crippen LogP contribution in [-0.4, -0.2) is 56.4 Å². The number of hydrogen-bond donors (Lipinski definition) is 4. The van der Waals surface area contributed by atoms with E-state index in [0.29, 0.717) is 22.9 Å². The number of hydrogen-bond acceptors (Lipinski definition) is 6. The molecule has 34 heavy (non-hydrogen) atoms. The van der Waals surface area contributed by atoms with E-state index in [1.54, 1.807) is 20.8 Å². The number of amides is 3. The molecule has 4 N–H and O–H groups in total. The standard InChI is InChI=1S/C24H33N5O5/c1-14(2)15-6-8-16(9-7-15)26-22(32)21-18-12-29(13-19(18)27-28-21)20(31)10-17(30)11-25-23(33)34-24(3,4)5/h6-9,14,17,30H,10-13H2,1-5H3,(H,25,33)(H,26,32)(H,27,28). The number of fused-ring (bicyclic) bond motifs is 1. The SMILES string of the molecule is CC(C)c1ccc(NC(=O)c2n[nH]c3c2CN(C(=O)CC(O)CNC(=O)OC(C)(C)C)C3)cc1. The fourth-order valence-corrected chi connectivity index (χ4v) is 3.56. The molecule has 1 aliphatic rings. The van der Waals surface area contributed by atoms with Crippen LogP contribution in [0.5, 0.6) is 0 Å². The zero-order chi connectivity index (χ0) is 25.0. The van der Waals surface area contributed by atoms with Gasteiger partial charge in [-0.15, -0.1) is 0 Å². The van der Waals surface area contributed by atoms with Gasteiger partial charge in [0.15, 0.2) is 5.69 Å². The summed E-state index contributed by atoms with van der Waals surface area (Å²) in [5.74, 6) is -0.251. The third kappa shape index (κ3) is 6.57. The number of nitrogens with one attached hydrogen (secondary N) is 3. The fraction of sp³-hybridized carbons (Fsp3) is 0.500. The summed E-state index contributed by atoms with van der Waals surface area (Å²) in [5, 5.41) is 22.4. The van der Waals surface area contributed by atoms with Crippen LogP contribution in [-0.2, 0) is 22.6 Å². The number of H-pyrrole nitrogens is 1. The van der Waals surface area contributed by atoms with Gasteiger partial charge in [0, 0.05) is 17.8 Å². The lowest BCUT2D eigenvalue weighted by Crippen LogP contribution is -2.39. The summed E-state index contributed by atoms with van der Waals surface area (Å²) in [5.41, 5.74) is 2.78. The van der Waals surface area contributed by atoms with Gasteiger partial charge in [0.25, 0.3) is 5.91 Å². The van der Waals surface area contributed by atoms with E-state index in [2.05, 4.69) is 34.7 Å². The molecule has 1 aromatic heterocycles. The van der Waals surface area contributed by atoms with Crippen LogP contribution in [0.1, 0.15) is 74.3 Å². The first kappa shape index (κ1) is 25.2. The molecule has 0 aliphatic carbocycles. The summed E-state index contributed by atoms with van der Waals surface area (Å²) in [6.45, 7) is 9.79. The summed E-state index contributed by atoms with van der Waals surface area (Å²) in [4.78, 5) is 38.7. The van der Waals surface area contributed by atoms with Crippen molar-refractivity contribution in [1.29, 1.82) is 0 Å². The highest BCUT2D eigenvalue weighted by Crippen LogP contribution is 2.26. The number of aromatic amines is 1. The van der Waals surface area contributed by atoms with Crippen molar-refractivity contribution < 1.29 is 24.2 Å². The Morgan fingerprint density at radius 3 is 2.47 bits per heavy atom. The van der Waals surface area contributed by atoms with Gasteiger partial charge in [-0.1, -0.05) is 26.0 Å². The number of carbonyl (C=O) groups excluding carboxylic acids is 3. The van der Waals surface area contributed by atoms with E-state index in [1.807, 2.05) is 24.3 Å². The van der Waals surface area contributed by atoms with Crippen LogP contribution >= 0.6 is 0 Å². The summed E-state index contributed by atoms with van der Waals surface area (Å²) < 4.78 is 5.11. The van der Waals surface area contributed by atoms with Crippen molar-refractivity contribution in [2.45, 2.75) is 71.8 Å². The highest BCUT2D eigenvalue weighted by atomic mass is 16.6. The zero-order valence-electron chi connectivity index (χ0n) is 20.3. The van der Waals surface area contributed by atoms with Gasteiger partial charge in [-0.25, -0.2) is 4.79 Å². The lowest BCUT2D eigenvalue weighted by Gasteiger charge is -2.21. The Hall–Kier alpha value is -3.40. The smallest absolute Gasteiger partial charge is 0.407 e. The largest absolute Gasteiger partial charge is 0.444 e. The molecule has 3 amide bonds. The maximum absolute atomic E-state index is 12.8. The highest BCUT2D eigenvalue weighted by molar-refractivity contribution is 6.04. The molecule has 2 aromatic rings. The Labute approximate surface area is 199 Å². The third-order valence-electron chi connectivity index (χ3n) is 5.34. The van der Waals surface area contributed by atoms with Crippen LogP contribution in [0.25, 0.3) is 0 Å². The molecule has 1 unspecified atom stereocenters. The number of carbonyl (C=O) groups is 3. The number of alkyl carbamates (subject to hydrolysis) is 1. The molecule has 0 fully saturated rings. The van der Waals surface area contributed by atoms with Crippen molar-refractivity contribution >= 4 is 23.6 Å². The minimum Gasteiger partial charge on any atom is -0.444 e. The Morgan fingerprint density at radius 2 is 1.85 bits per heavy atom. The second-order valence-electron chi connectivity index (χ2n) is 9.75. The van der Waals surface area contributed by atoms with Gasteiger partial charge in [0.05, 0.1) is 31.3 Å². The van der Waals surface area contributed by atoms with Crippen molar-refractivity contribution in [1.82, 2.24) is 20.4 Å². The minimum atomic E-state index is -1.06. The van der Waals surface area contributed by atoms with Crippen molar-refractivity contribution in [2.24, 2.45) is 0 Å². The lowest BCUT2D eigenvalue weighted by atomic mass is 10.0. The maximum Gasteiger partial charge on any atom is 0.407 e. The molecule has 10 nitrogen and oxygen atoms in total. The van der Waals surface area contributed by atoms with Gasteiger partial charge < -0.3 is 25.4 Å². The summed E-state index contributed by atoms with van der Waals surface area (Å²) >= 11 is 0. The van der Waals surface area contributed by atoms with Gasteiger partial charge >= 0.3 is 6.09 Å². The molecule has 0 saturated carbocycles. The average Bonchev–Trinajstić information content (AvgIpc) is 3.32. The van der Waals surface area contributed by atoms with Gasteiger partial charge in [-0.2, -0.15) is 5.10 Å². The van der Waals surface area contributed by atoms with Crippen LogP contribution in [0.15, 0.2) is 24.3 Å². The highest BCUT2D eigenvalue weighted by Gasteiger charge is 2.31. The number of aromatic nitrogens is 2. The number of anilines is 1. The van der Waals surface area contributed by atoms with Crippen molar-refractivity contribution in [3.8, 4) is 0 Å². The third-order valence-corrected chi connectivity index (χ3v) is 5.34. The number of aliphatic hydroxyl groups is 1. The van der Waals surface area contributed by atoms with Crippen molar-refractivity contribution in [2.75, 3.05) is 11.9 Å². The predicted molar refractivity (Wildman–Crippen MR) is 126 cm³/mol. The molecule has 184 valence electrons. The van der Waals surface area contributed by atoms with Gasteiger partial charge in [0.2, 0.25) is 5.91 Å². The molecule has 1 aliphatic heterocycles. The number of benzene rings is 1. The quantitative estimate of drug-likeness (QED) is 0.490. The predicted octanol–water partition coefficient (Wildman–Crippen LogP) is 2.90. The molecule has 10 heteroatoms. The topological polar surface area (TPSA) is 137 Å². The van der Waals surface area contributed by atoms with Crippen LogP contribution in [0, 0.1) is 0 Å². The molecule has 0 radical (unpaired) electrons. The molecular formula is C24H33N5O5. The Morgan fingerprint density at radius 1 is 1.18 bits per heavy atom. The molecule has 2 heterocycles. The van der Waals surface area contributed by atoms with Crippen LogP contribution in [0.2, 0.25) is 0 Å². The van der Waals surface area contributed by atoms with Crippen LogP contribution in [0.4, 0.5) is 10.5 Å². The first-order valence-electron chi connectivity index (χ1n) is 11.3. The number of nitrogens with zero attached hydrogens (tertiary/aromatic N) is 2. The molecule has 3 rings (SSSR count). The van der Waals surface area contributed by atoms with E-state index < -0.39 is 17.8 Å². The van der Waals surface area contributed by atoms with Crippen LogP contribution in [0.3, 0.4) is 0 Å². The van der Waals surface area contributed by atoms with Gasteiger partial charge in [0.1, 0.15) is 5.60 Å². The van der Waals surface area contributed by atoms with E-state index in [1.165, 1.54) is 10.5 Å². The van der Waals surface area contributed by atoms with E-state index in [4.69, 9.17) is 4.74 Å². The maximum atomic E-state index is 12.8. The molecule has 1 atom stereocenters. The van der Waals surface area contributed by atoms with E-state index in [-0.39, 0.29) is 43.6 Å². The van der Waals surface area contributed by atoms with E-state index in [9.17, 15) is 19.5 Å². The Bertz CT molecular complexity index is 1040. The van der Waals surface area contributed by atoms with Crippen molar-refractivity contribution in [3.05, 3.63) is 46.8 Å². The minimum absolute atomic E-state index is 0.107. The zero-order valence-corrected chi connectivity index (χ0v) is 20.3. The average molecular weight is 472 g/mol. The molecule has 1 aromatic carbocycles. The van der Waals surface area contributed by atoms with Crippen molar-refractivity contribution in [3.63, 3.8) is 0 Å². The second kappa shape index (κ2) is 10.3. The molecule has 0 spiro atoms. The fourth-order valence-electron chi connectivity index (χ4n) is 3.56. The van der Waals surface area contributed by atoms with Gasteiger partial charge in [-0.3, -0.25) is 14.7 Å².